The second-order valence-corrected chi connectivity index (χ2v) is 7.91. The van der Waals surface area contributed by atoms with Gasteiger partial charge in [-0.3, -0.25) is 9.20 Å². The maximum absolute atomic E-state index is 13.0. The maximum atomic E-state index is 13.0. The Balaban J connectivity index is 1.50. The van der Waals surface area contributed by atoms with Crippen molar-refractivity contribution in [3.63, 3.8) is 0 Å². The third kappa shape index (κ3) is 4.39. The van der Waals surface area contributed by atoms with Crippen molar-refractivity contribution in [3.8, 4) is 0 Å². The van der Waals surface area contributed by atoms with Gasteiger partial charge in [-0.25, -0.2) is 0 Å². The molecule has 29 heavy (non-hydrogen) atoms. The molecular formula is C20H19F3N4OS. The van der Waals surface area contributed by atoms with E-state index in [0.717, 1.165) is 50.2 Å². The molecule has 5 nitrogen and oxygen atoms in total. The molecule has 1 saturated heterocycles. The number of piperidine rings is 1. The molecule has 0 radical (unpaired) electrons. The summed E-state index contributed by atoms with van der Waals surface area (Å²) >= 11 is 1.28. The predicted octanol–water partition coefficient (Wildman–Crippen LogP) is 4.67. The number of hydrogen-bond acceptors (Lipinski definition) is 4. The van der Waals surface area contributed by atoms with Crippen LogP contribution in [0.4, 0.5) is 13.2 Å². The van der Waals surface area contributed by atoms with E-state index in [9.17, 15) is 18.0 Å². The van der Waals surface area contributed by atoms with Gasteiger partial charge in [0.1, 0.15) is 0 Å². The van der Waals surface area contributed by atoms with Crippen LogP contribution >= 0.6 is 11.8 Å². The number of pyridine rings is 1. The van der Waals surface area contributed by atoms with Crippen molar-refractivity contribution in [1.29, 1.82) is 0 Å². The first kappa shape index (κ1) is 19.8. The van der Waals surface area contributed by atoms with E-state index < -0.39 is 11.7 Å². The van der Waals surface area contributed by atoms with Gasteiger partial charge in [0, 0.05) is 30.6 Å². The highest BCUT2D eigenvalue weighted by Crippen LogP contribution is 2.30. The Bertz CT molecular complexity index is 1030. The molecule has 0 unspecified atom stereocenters. The molecule has 2 aromatic heterocycles. The zero-order valence-corrected chi connectivity index (χ0v) is 16.3. The van der Waals surface area contributed by atoms with Crippen LogP contribution in [0.1, 0.15) is 40.7 Å². The monoisotopic (exact) mass is 420 g/mol. The Hall–Kier alpha value is -2.55. The Morgan fingerprint density at radius 1 is 1.07 bits per heavy atom. The number of carbonyl (C=O) groups excluding carboxylic acids is 1. The smallest absolute Gasteiger partial charge is 0.339 e. The molecule has 3 aromatic rings. The fraction of sp³-hybridized carbons (Fsp3) is 0.350. The highest BCUT2D eigenvalue weighted by Gasteiger charge is 2.31. The summed E-state index contributed by atoms with van der Waals surface area (Å²) in [5, 5.41) is 8.30. The number of benzene rings is 1. The van der Waals surface area contributed by atoms with Gasteiger partial charge in [-0.15, -0.1) is 10.2 Å². The van der Waals surface area contributed by atoms with Crippen molar-refractivity contribution >= 4 is 23.3 Å². The van der Waals surface area contributed by atoms with Gasteiger partial charge >= 0.3 is 6.18 Å². The maximum Gasteiger partial charge on any atom is 0.417 e. The van der Waals surface area contributed by atoms with Gasteiger partial charge in [0.15, 0.2) is 10.8 Å². The molecule has 152 valence electrons. The zero-order valence-electron chi connectivity index (χ0n) is 15.5. The molecule has 0 N–H and O–H groups in total. The van der Waals surface area contributed by atoms with Crippen molar-refractivity contribution < 1.29 is 18.0 Å². The van der Waals surface area contributed by atoms with E-state index in [0.29, 0.717) is 22.1 Å². The van der Waals surface area contributed by atoms with Crippen molar-refractivity contribution in [2.24, 2.45) is 0 Å². The van der Waals surface area contributed by atoms with E-state index in [1.807, 2.05) is 23.1 Å². The molecule has 9 heteroatoms. The average Bonchev–Trinajstić information content (AvgIpc) is 3.14. The molecular weight excluding hydrogens is 401 g/mol. The lowest BCUT2D eigenvalue weighted by Crippen LogP contribution is -2.35. The van der Waals surface area contributed by atoms with Crippen molar-refractivity contribution in [1.82, 2.24) is 19.5 Å². The quantitative estimate of drug-likeness (QED) is 0.576. The molecule has 1 aliphatic heterocycles. The number of carbonyl (C=O) groups is 1. The van der Waals surface area contributed by atoms with Gasteiger partial charge in [0.25, 0.3) is 5.91 Å². The summed E-state index contributed by atoms with van der Waals surface area (Å²) in [6, 6.07) is 9.66. The zero-order chi connectivity index (χ0) is 20.4. The topological polar surface area (TPSA) is 50.5 Å². The molecule has 3 heterocycles. The van der Waals surface area contributed by atoms with E-state index >= 15 is 0 Å². The first-order valence-corrected chi connectivity index (χ1v) is 10.3. The number of hydrogen-bond donors (Lipinski definition) is 0. The number of amides is 1. The number of alkyl halides is 3. The fourth-order valence-corrected chi connectivity index (χ4v) is 4.22. The third-order valence-corrected chi connectivity index (χ3v) is 5.90. The van der Waals surface area contributed by atoms with Gasteiger partial charge in [-0.1, -0.05) is 23.9 Å². The Kier molecular flexibility index (Phi) is 5.49. The van der Waals surface area contributed by atoms with Gasteiger partial charge in [0.05, 0.1) is 5.56 Å². The van der Waals surface area contributed by atoms with Crippen molar-refractivity contribution in [2.75, 3.05) is 13.1 Å². The molecule has 0 saturated carbocycles. The minimum atomic E-state index is -4.43. The molecule has 4 rings (SSSR count). The number of halogens is 3. The molecule has 1 amide bonds. The number of thioether (sulfide) groups is 1. The van der Waals surface area contributed by atoms with Gasteiger partial charge in [0.2, 0.25) is 0 Å². The van der Waals surface area contributed by atoms with Crippen LogP contribution in [0.3, 0.4) is 0 Å². The number of nitrogens with zero attached hydrogens (tertiary/aromatic N) is 4. The van der Waals surface area contributed by atoms with E-state index in [1.165, 1.54) is 22.2 Å². The van der Waals surface area contributed by atoms with Crippen molar-refractivity contribution in [3.05, 3.63) is 59.3 Å². The summed E-state index contributed by atoms with van der Waals surface area (Å²) in [7, 11) is 0. The lowest BCUT2D eigenvalue weighted by molar-refractivity contribution is -0.137. The Morgan fingerprint density at radius 3 is 2.62 bits per heavy atom. The molecule has 0 bridgehead atoms. The molecule has 0 atom stereocenters. The second kappa shape index (κ2) is 8.06. The Labute approximate surface area is 169 Å². The van der Waals surface area contributed by atoms with E-state index in [2.05, 4.69) is 10.2 Å². The Morgan fingerprint density at radius 2 is 1.86 bits per heavy atom. The number of aromatic nitrogens is 3. The summed E-state index contributed by atoms with van der Waals surface area (Å²) in [6.07, 6.45) is -0.206. The summed E-state index contributed by atoms with van der Waals surface area (Å²) in [5.74, 6) is 0.498. The molecule has 1 fully saturated rings. The second-order valence-electron chi connectivity index (χ2n) is 6.97. The molecule has 0 aliphatic carbocycles. The van der Waals surface area contributed by atoms with Gasteiger partial charge in [-0.2, -0.15) is 13.2 Å². The minimum absolute atomic E-state index is 0.0271. The number of likely N-dealkylation sites (tertiary alicyclic amines) is 1. The SMILES string of the molecule is O=C(c1cccc(CSc2nnc3ccc(C(F)(F)F)cn23)c1)N1CCCCC1. The van der Waals surface area contributed by atoms with Crippen LogP contribution in [0.15, 0.2) is 47.8 Å². The predicted molar refractivity (Wildman–Crippen MR) is 104 cm³/mol. The average molecular weight is 420 g/mol. The van der Waals surface area contributed by atoms with Crippen LogP contribution in [0.5, 0.6) is 0 Å². The summed E-state index contributed by atoms with van der Waals surface area (Å²) in [4.78, 5) is 14.6. The standard InChI is InChI=1S/C20H19F3N4OS/c21-20(22,23)16-7-8-17-24-25-19(27(17)12-16)29-13-14-5-4-6-15(11-14)18(28)26-9-2-1-3-10-26/h4-8,11-12H,1-3,9-10,13H2. The van der Waals surface area contributed by atoms with Crippen molar-refractivity contribution in [2.45, 2.75) is 36.3 Å². The van der Waals surface area contributed by atoms with E-state index in [-0.39, 0.29) is 5.91 Å². The van der Waals surface area contributed by atoms with Crippen LogP contribution in [-0.2, 0) is 11.9 Å². The highest BCUT2D eigenvalue weighted by molar-refractivity contribution is 7.98. The lowest BCUT2D eigenvalue weighted by atomic mass is 10.1. The first-order valence-electron chi connectivity index (χ1n) is 9.35. The van der Waals surface area contributed by atoms with Crippen LogP contribution < -0.4 is 0 Å². The first-order chi connectivity index (χ1) is 13.9. The fourth-order valence-electron chi connectivity index (χ4n) is 3.36. The largest absolute Gasteiger partial charge is 0.417 e. The van der Waals surface area contributed by atoms with Crippen LogP contribution in [-0.4, -0.2) is 38.5 Å². The minimum Gasteiger partial charge on any atom is -0.339 e. The van der Waals surface area contributed by atoms with Crippen LogP contribution in [0.25, 0.3) is 5.65 Å². The van der Waals surface area contributed by atoms with Crippen LogP contribution in [0, 0.1) is 0 Å². The number of fused-ring (bicyclic) bond motifs is 1. The lowest BCUT2D eigenvalue weighted by Gasteiger charge is -2.26. The molecule has 0 spiro atoms. The molecule has 1 aromatic carbocycles. The summed E-state index contributed by atoms with van der Waals surface area (Å²) in [5.41, 5.74) is 1.15. The highest BCUT2D eigenvalue weighted by atomic mass is 32.2. The van der Waals surface area contributed by atoms with E-state index in [4.69, 9.17) is 0 Å². The summed E-state index contributed by atoms with van der Waals surface area (Å²) in [6.45, 7) is 1.57. The van der Waals surface area contributed by atoms with Crippen LogP contribution in [0.2, 0.25) is 0 Å². The van der Waals surface area contributed by atoms with E-state index in [1.54, 1.807) is 6.07 Å². The summed E-state index contributed by atoms with van der Waals surface area (Å²) < 4.78 is 40.3. The number of rotatable bonds is 4. The molecule has 1 aliphatic rings. The third-order valence-electron chi connectivity index (χ3n) is 4.88. The van der Waals surface area contributed by atoms with Gasteiger partial charge in [-0.05, 0) is 49.1 Å². The normalized spacial score (nSPS) is 15.1. The van der Waals surface area contributed by atoms with Gasteiger partial charge < -0.3 is 4.90 Å².